The molecule has 0 radical (unpaired) electrons. The van der Waals surface area contributed by atoms with Gasteiger partial charge in [0.05, 0.1) is 11.8 Å². The van der Waals surface area contributed by atoms with E-state index in [0.717, 1.165) is 11.0 Å². The van der Waals surface area contributed by atoms with E-state index in [1.165, 1.54) is 11.3 Å². The molecule has 24 heavy (non-hydrogen) atoms. The van der Waals surface area contributed by atoms with Crippen LogP contribution < -0.4 is 15.4 Å². The van der Waals surface area contributed by atoms with Crippen molar-refractivity contribution in [2.45, 2.75) is 17.6 Å². The summed E-state index contributed by atoms with van der Waals surface area (Å²) in [5.74, 6) is 0.105. The first-order chi connectivity index (χ1) is 11.4. The number of nitrogens with zero attached hydrogens (tertiary/aromatic N) is 1. The number of aromatic nitrogens is 1. The van der Waals surface area contributed by atoms with Crippen LogP contribution in [0.4, 0.5) is 5.13 Å². The molecule has 1 amide bonds. The van der Waals surface area contributed by atoms with E-state index < -0.39 is 20.5 Å². The number of rotatable bonds is 4. The average molecular weight is 369 g/mol. The Labute approximate surface area is 144 Å². The maximum absolute atomic E-state index is 12.8. The first-order valence-electron chi connectivity index (χ1n) is 7.53. The molecule has 0 aliphatic carbocycles. The van der Waals surface area contributed by atoms with E-state index in [9.17, 15) is 13.2 Å². The summed E-state index contributed by atoms with van der Waals surface area (Å²) >= 11 is 1.29. The Morgan fingerprint density at radius 2 is 2.08 bits per heavy atom. The lowest BCUT2D eigenvalue weighted by Gasteiger charge is -2.33. The number of hydrogen-bond donors (Lipinski definition) is 2. The molecule has 3 rings (SSSR count). The predicted molar refractivity (Wildman–Crippen MR) is 94.5 cm³/mol. The Balaban J connectivity index is 1.93. The normalized spacial score (nSPS) is 17.6. The zero-order valence-electron chi connectivity index (χ0n) is 13.5. The number of benzene rings is 1. The Hall–Kier alpha value is -1.71. The summed E-state index contributed by atoms with van der Waals surface area (Å²) in [4.78, 5) is 17.2. The topological polar surface area (TPSA) is 97.4 Å². The molecule has 0 saturated carbocycles. The molecule has 0 atom stereocenters. The first kappa shape index (κ1) is 17.1. The molecule has 0 bridgehead atoms. The third-order valence-electron chi connectivity index (χ3n) is 4.36. The standard InChI is InChI=1S/C15H19N3O4S2/c1-22-10-4-3-5-11-12(10)17-14(23-11)18-13(19)15(24(2,20)21)6-8-16-9-7-15/h3-5,16H,6-9H2,1-2H3,(H,17,18,19). The van der Waals surface area contributed by atoms with Crippen molar-refractivity contribution in [3.8, 4) is 5.75 Å². The number of carbonyl (C=O) groups excluding carboxylic acids is 1. The van der Waals surface area contributed by atoms with Crippen LogP contribution in [0.25, 0.3) is 10.2 Å². The monoisotopic (exact) mass is 369 g/mol. The van der Waals surface area contributed by atoms with Gasteiger partial charge in [-0.3, -0.25) is 4.79 Å². The summed E-state index contributed by atoms with van der Waals surface area (Å²) in [7, 11) is -1.99. The molecule has 1 aromatic heterocycles. The molecule has 1 aliphatic heterocycles. The molecule has 1 aliphatic rings. The number of methoxy groups -OCH3 is 1. The van der Waals surface area contributed by atoms with Crippen molar-refractivity contribution in [1.29, 1.82) is 0 Å². The number of para-hydroxylation sites is 1. The molecule has 0 unspecified atom stereocenters. The molecule has 0 spiro atoms. The number of carbonyl (C=O) groups is 1. The number of thiazole rings is 1. The van der Waals surface area contributed by atoms with Gasteiger partial charge in [0, 0.05) is 6.26 Å². The maximum atomic E-state index is 12.8. The molecule has 2 heterocycles. The van der Waals surface area contributed by atoms with Crippen molar-refractivity contribution >= 4 is 42.4 Å². The van der Waals surface area contributed by atoms with Crippen molar-refractivity contribution in [3.05, 3.63) is 18.2 Å². The summed E-state index contributed by atoms with van der Waals surface area (Å²) in [5.41, 5.74) is 0.652. The van der Waals surface area contributed by atoms with E-state index in [4.69, 9.17) is 4.74 Å². The fourth-order valence-electron chi connectivity index (χ4n) is 2.95. The molecule has 1 saturated heterocycles. The molecule has 1 aromatic carbocycles. The van der Waals surface area contributed by atoms with E-state index >= 15 is 0 Å². The quantitative estimate of drug-likeness (QED) is 0.846. The second-order valence-corrected chi connectivity index (χ2v) is 9.15. The minimum atomic E-state index is -3.55. The molecule has 1 fully saturated rings. The summed E-state index contributed by atoms with van der Waals surface area (Å²) in [6.45, 7) is 0.988. The van der Waals surface area contributed by atoms with Crippen LogP contribution >= 0.6 is 11.3 Å². The number of nitrogens with one attached hydrogen (secondary N) is 2. The van der Waals surface area contributed by atoms with E-state index in [-0.39, 0.29) is 12.8 Å². The zero-order chi connectivity index (χ0) is 17.4. The highest BCUT2D eigenvalue weighted by Gasteiger charge is 2.48. The van der Waals surface area contributed by atoms with Gasteiger partial charge in [-0.05, 0) is 38.1 Å². The summed E-state index contributed by atoms with van der Waals surface area (Å²) in [5, 5.41) is 6.17. The second kappa shape index (κ2) is 6.30. The molecular formula is C15H19N3O4S2. The van der Waals surface area contributed by atoms with E-state index in [0.29, 0.717) is 29.5 Å². The van der Waals surface area contributed by atoms with Gasteiger partial charge in [-0.1, -0.05) is 17.4 Å². The maximum Gasteiger partial charge on any atom is 0.247 e. The molecular weight excluding hydrogens is 350 g/mol. The van der Waals surface area contributed by atoms with Crippen molar-refractivity contribution in [2.24, 2.45) is 0 Å². The molecule has 7 nitrogen and oxygen atoms in total. The van der Waals surface area contributed by atoms with Crippen molar-refractivity contribution in [1.82, 2.24) is 10.3 Å². The fraction of sp³-hybridized carbons (Fsp3) is 0.467. The van der Waals surface area contributed by atoms with E-state index in [2.05, 4.69) is 15.6 Å². The van der Waals surface area contributed by atoms with Crippen LogP contribution in [0.15, 0.2) is 18.2 Å². The molecule has 130 valence electrons. The van der Waals surface area contributed by atoms with Gasteiger partial charge >= 0.3 is 0 Å². The minimum Gasteiger partial charge on any atom is -0.494 e. The Morgan fingerprint density at radius 3 is 2.71 bits per heavy atom. The van der Waals surface area contributed by atoms with Gasteiger partial charge in [-0.15, -0.1) is 0 Å². The minimum absolute atomic E-state index is 0.256. The van der Waals surface area contributed by atoms with Gasteiger partial charge in [0.25, 0.3) is 0 Å². The van der Waals surface area contributed by atoms with Gasteiger partial charge in [0.15, 0.2) is 19.7 Å². The Kier molecular flexibility index (Phi) is 4.50. The highest BCUT2D eigenvalue weighted by Crippen LogP contribution is 2.34. The van der Waals surface area contributed by atoms with Gasteiger partial charge in [-0.25, -0.2) is 13.4 Å². The van der Waals surface area contributed by atoms with Crippen LogP contribution in [0.3, 0.4) is 0 Å². The Bertz CT molecular complexity index is 870. The largest absolute Gasteiger partial charge is 0.494 e. The van der Waals surface area contributed by atoms with Crippen LogP contribution in [-0.2, 0) is 14.6 Å². The number of fused-ring (bicyclic) bond motifs is 1. The van der Waals surface area contributed by atoms with Crippen molar-refractivity contribution < 1.29 is 17.9 Å². The van der Waals surface area contributed by atoms with Crippen molar-refractivity contribution in [2.75, 3.05) is 31.8 Å². The lowest BCUT2D eigenvalue weighted by Crippen LogP contribution is -2.55. The van der Waals surface area contributed by atoms with Gasteiger partial charge in [0.2, 0.25) is 5.91 Å². The number of anilines is 1. The van der Waals surface area contributed by atoms with E-state index in [1.807, 2.05) is 12.1 Å². The third-order valence-corrected chi connectivity index (χ3v) is 7.31. The smallest absolute Gasteiger partial charge is 0.247 e. The SMILES string of the molecule is COc1cccc2sc(NC(=O)C3(S(C)(=O)=O)CCNCC3)nc12. The van der Waals surface area contributed by atoms with Crippen LogP contribution in [0.2, 0.25) is 0 Å². The lowest BCUT2D eigenvalue weighted by atomic mass is 9.96. The van der Waals surface area contributed by atoms with Gasteiger partial charge < -0.3 is 15.4 Å². The van der Waals surface area contributed by atoms with Crippen LogP contribution in [0.1, 0.15) is 12.8 Å². The molecule has 2 aromatic rings. The second-order valence-electron chi connectivity index (χ2n) is 5.80. The number of amides is 1. The van der Waals surface area contributed by atoms with Crippen LogP contribution in [0, 0.1) is 0 Å². The molecule has 9 heteroatoms. The van der Waals surface area contributed by atoms with E-state index in [1.54, 1.807) is 13.2 Å². The molecule has 2 N–H and O–H groups in total. The van der Waals surface area contributed by atoms with Gasteiger partial charge in [0.1, 0.15) is 11.3 Å². The Morgan fingerprint density at radius 1 is 1.38 bits per heavy atom. The number of sulfone groups is 1. The zero-order valence-corrected chi connectivity index (χ0v) is 15.1. The highest BCUT2D eigenvalue weighted by molar-refractivity contribution is 7.92. The summed E-state index contributed by atoms with van der Waals surface area (Å²) in [6.07, 6.45) is 1.64. The first-order valence-corrected chi connectivity index (χ1v) is 10.2. The number of piperidine rings is 1. The number of hydrogen-bond acceptors (Lipinski definition) is 7. The van der Waals surface area contributed by atoms with Crippen LogP contribution in [-0.4, -0.2) is 50.5 Å². The van der Waals surface area contributed by atoms with Crippen LogP contribution in [0.5, 0.6) is 5.75 Å². The van der Waals surface area contributed by atoms with Crippen molar-refractivity contribution in [3.63, 3.8) is 0 Å². The predicted octanol–water partition coefficient (Wildman–Crippen LogP) is 1.41. The van der Waals surface area contributed by atoms with Gasteiger partial charge in [-0.2, -0.15) is 0 Å². The fourth-order valence-corrected chi connectivity index (χ4v) is 5.16. The number of ether oxygens (including phenoxy) is 1. The average Bonchev–Trinajstić information content (AvgIpc) is 2.96. The third kappa shape index (κ3) is 2.87. The summed E-state index contributed by atoms with van der Waals surface area (Å²) < 4.78 is 29.3. The summed E-state index contributed by atoms with van der Waals surface area (Å²) in [6, 6.07) is 5.51. The highest BCUT2D eigenvalue weighted by atomic mass is 32.2. The lowest BCUT2D eigenvalue weighted by molar-refractivity contribution is -0.119.